The predicted octanol–water partition coefficient (Wildman–Crippen LogP) is 3.58. The third-order valence-corrected chi connectivity index (χ3v) is 9.25. The van der Waals surface area contributed by atoms with Crippen LogP contribution < -0.4 is 4.74 Å². The predicted molar refractivity (Wildman–Crippen MR) is 130 cm³/mol. The van der Waals surface area contributed by atoms with Crippen LogP contribution in [0.2, 0.25) is 0 Å². The van der Waals surface area contributed by atoms with Gasteiger partial charge in [0.25, 0.3) is 0 Å². The van der Waals surface area contributed by atoms with Gasteiger partial charge in [0.1, 0.15) is 11.6 Å². The van der Waals surface area contributed by atoms with Crippen LogP contribution in [0.1, 0.15) is 48.9 Å². The lowest BCUT2D eigenvalue weighted by Gasteiger charge is -2.61. The number of piperidine rings is 1. The van der Waals surface area contributed by atoms with Crippen molar-refractivity contribution < 1.29 is 14.2 Å². The van der Waals surface area contributed by atoms with Crippen molar-refractivity contribution in [3.05, 3.63) is 59.2 Å². The molecule has 2 aliphatic carbocycles. The Kier molecular flexibility index (Phi) is 5.66. The van der Waals surface area contributed by atoms with Crippen LogP contribution in [0, 0.1) is 11.7 Å². The number of fused-ring (bicyclic) bond motifs is 1. The Morgan fingerprint density at radius 1 is 1.15 bits per heavy atom. The van der Waals surface area contributed by atoms with Crippen LogP contribution in [0.4, 0.5) is 4.39 Å². The highest BCUT2D eigenvalue weighted by atomic mass is 19.1. The van der Waals surface area contributed by atoms with Gasteiger partial charge in [-0.25, -0.2) is 4.39 Å². The summed E-state index contributed by atoms with van der Waals surface area (Å²) >= 11 is 0. The Bertz CT molecular complexity index is 1060. The summed E-state index contributed by atoms with van der Waals surface area (Å²) in [7, 11) is 1.72. The summed E-state index contributed by atoms with van der Waals surface area (Å²) in [4.78, 5) is 9.27. The molecule has 1 N–H and O–H groups in total. The average Bonchev–Trinajstić information content (AvgIpc) is 3.67. The number of aliphatic hydroxyl groups is 1. The summed E-state index contributed by atoms with van der Waals surface area (Å²) in [5.74, 6) is 1.46. The molecule has 3 heterocycles. The summed E-state index contributed by atoms with van der Waals surface area (Å²) in [6.07, 6.45) is 8.48. The Morgan fingerprint density at radius 2 is 1.97 bits per heavy atom. The van der Waals surface area contributed by atoms with Gasteiger partial charge in [0.05, 0.1) is 18.4 Å². The molecule has 2 bridgehead atoms. The Morgan fingerprint density at radius 3 is 2.76 bits per heavy atom. The Balaban J connectivity index is 1.31. The van der Waals surface area contributed by atoms with Gasteiger partial charge in [0.2, 0.25) is 0 Å². The first-order valence-electron chi connectivity index (χ1n) is 13.0. The summed E-state index contributed by atoms with van der Waals surface area (Å²) < 4.78 is 19.8. The van der Waals surface area contributed by atoms with Crippen LogP contribution in [0.15, 0.2) is 36.5 Å². The van der Waals surface area contributed by atoms with Crippen LogP contribution in [-0.4, -0.2) is 71.4 Å². The Labute approximate surface area is 201 Å². The van der Waals surface area contributed by atoms with Gasteiger partial charge in [-0.2, -0.15) is 0 Å². The van der Waals surface area contributed by atoms with Gasteiger partial charge in [-0.15, -0.1) is 0 Å². The zero-order valence-corrected chi connectivity index (χ0v) is 20.2. The fraction of sp³-hybridized carbons (Fsp3) is 0.607. The van der Waals surface area contributed by atoms with Gasteiger partial charge in [-0.05, 0) is 92.9 Å². The molecule has 0 spiro atoms. The van der Waals surface area contributed by atoms with E-state index >= 15 is 0 Å². The van der Waals surface area contributed by atoms with Gasteiger partial charge in [-0.3, -0.25) is 9.88 Å². The number of benzene rings is 1. The van der Waals surface area contributed by atoms with Crippen molar-refractivity contribution in [1.29, 1.82) is 0 Å². The Hall–Kier alpha value is -2.02. The maximum Gasteiger partial charge on any atom is 0.144 e. The maximum atomic E-state index is 14.2. The van der Waals surface area contributed by atoms with Crippen molar-refractivity contribution >= 4 is 0 Å². The number of halogens is 1. The molecule has 34 heavy (non-hydrogen) atoms. The number of likely N-dealkylation sites (tertiary alicyclic amines) is 2. The molecule has 182 valence electrons. The topological polar surface area (TPSA) is 48.8 Å². The number of methoxy groups -OCH3 is 1. The number of aromatic nitrogens is 1. The SMILES string of the molecule is COc1ccc2c(c1)[C@@]13CCN(CCc4ncccc4F)CC[C@@]1(O)[C@@H](C2)N(CC1CC1)CC3. The quantitative estimate of drug-likeness (QED) is 0.707. The minimum Gasteiger partial charge on any atom is -0.497 e. The fourth-order valence-corrected chi connectivity index (χ4v) is 7.12. The number of nitrogens with zero attached hydrogens (tertiary/aromatic N) is 3. The van der Waals surface area contributed by atoms with Gasteiger partial charge < -0.3 is 14.7 Å². The summed E-state index contributed by atoms with van der Waals surface area (Å²) in [5, 5.41) is 12.6. The van der Waals surface area contributed by atoms with E-state index < -0.39 is 5.60 Å². The molecule has 6 heteroatoms. The van der Waals surface area contributed by atoms with Crippen LogP contribution in [0.5, 0.6) is 5.75 Å². The fourth-order valence-electron chi connectivity index (χ4n) is 7.12. The molecule has 1 aromatic heterocycles. The summed E-state index contributed by atoms with van der Waals surface area (Å²) in [5.41, 5.74) is 2.19. The van der Waals surface area contributed by atoms with Gasteiger partial charge in [0.15, 0.2) is 0 Å². The molecule has 0 amide bonds. The first kappa shape index (κ1) is 22.4. The van der Waals surface area contributed by atoms with E-state index in [4.69, 9.17) is 4.74 Å². The molecule has 5 nitrogen and oxygen atoms in total. The van der Waals surface area contributed by atoms with E-state index in [1.165, 1.54) is 30.0 Å². The third kappa shape index (κ3) is 3.66. The number of hydrogen-bond donors (Lipinski definition) is 1. The summed E-state index contributed by atoms with van der Waals surface area (Å²) in [6.45, 7) is 4.68. The van der Waals surface area contributed by atoms with E-state index in [0.717, 1.165) is 70.1 Å². The number of pyridine rings is 1. The summed E-state index contributed by atoms with van der Waals surface area (Å²) in [6, 6.07) is 9.80. The zero-order chi connectivity index (χ0) is 23.3. The lowest BCUT2D eigenvalue weighted by Crippen LogP contribution is -2.71. The number of rotatable bonds is 6. The van der Waals surface area contributed by atoms with Gasteiger partial charge in [-0.1, -0.05) is 6.07 Å². The first-order valence-corrected chi connectivity index (χ1v) is 13.0. The molecule has 1 saturated carbocycles. The molecule has 2 aromatic rings. The van der Waals surface area contributed by atoms with Crippen molar-refractivity contribution in [3.63, 3.8) is 0 Å². The number of ether oxygens (including phenoxy) is 1. The van der Waals surface area contributed by atoms with Crippen molar-refractivity contribution in [2.75, 3.05) is 39.8 Å². The van der Waals surface area contributed by atoms with E-state index in [-0.39, 0.29) is 17.3 Å². The van der Waals surface area contributed by atoms with E-state index in [9.17, 15) is 9.50 Å². The zero-order valence-electron chi connectivity index (χ0n) is 20.2. The lowest BCUT2D eigenvalue weighted by atomic mass is 9.52. The highest BCUT2D eigenvalue weighted by Gasteiger charge is 2.63. The highest BCUT2D eigenvalue weighted by Crippen LogP contribution is 2.56. The van der Waals surface area contributed by atoms with Crippen molar-refractivity contribution in [2.45, 2.75) is 62.0 Å². The molecule has 3 fully saturated rings. The molecule has 1 aromatic carbocycles. The molecule has 6 rings (SSSR count). The number of hydrogen-bond acceptors (Lipinski definition) is 5. The van der Waals surface area contributed by atoms with Gasteiger partial charge in [0, 0.05) is 43.7 Å². The second kappa shape index (κ2) is 8.58. The van der Waals surface area contributed by atoms with Crippen LogP contribution in [-0.2, 0) is 18.3 Å². The second-order valence-electron chi connectivity index (χ2n) is 11.0. The molecule has 2 aliphatic heterocycles. The van der Waals surface area contributed by atoms with Crippen LogP contribution >= 0.6 is 0 Å². The maximum absolute atomic E-state index is 14.2. The van der Waals surface area contributed by atoms with E-state index in [1.54, 1.807) is 19.4 Å². The molecule has 3 atom stereocenters. The van der Waals surface area contributed by atoms with Gasteiger partial charge >= 0.3 is 0 Å². The average molecular weight is 466 g/mol. The molecular weight excluding hydrogens is 429 g/mol. The van der Waals surface area contributed by atoms with E-state index in [2.05, 4.69) is 33.0 Å². The first-order chi connectivity index (χ1) is 16.5. The van der Waals surface area contributed by atoms with Crippen LogP contribution in [0.3, 0.4) is 0 Å². The molecule has 4 aliphatic rings. The highest BCUT2D eigenvalue weighted by molar-refractivity contribution is 5.48. The smallest absolute Gasteiger partial charge is 0.144 e. The third-order valence-electron chi connectivity index (χ3n) is 9.25. The molecule has 0 radical (unpaired) electrons. The van der Waals surface area contributed by atoms with Crippen LogP contribution in [0.25, 0.3) is 0 Å². The minimum absolute atomic E-state index is 0.163. The minimum atomic E-state index is -0.759. The van der Waals surface area contributed by atoms with Crippen molar-refractivity contribution in [3.8, 4) is 5.75 Å². The van der Waals surface area contributed by atoms with Crippen molar-refractivity contribution in [2.24, 2.45) is 5.92 Å². The molecule has 0 unspecified atom stereocenters. The van der Waals surface area contributed by atoms with E-state index in [0.29, 0.717) is 12.1 Å². The lowest BCUT2D eigenvalue weighted by molar-refractivity contribution is -0.149. The normalized spacial score (nSPS) is 31.4. The monoisotopic (exact) mass is 465 g/mol. The van der Waals surface area contributed by atoms with E-state index in [1.807, 2.05) is 0 Å². The van der Waals surface area contributed by atoms with Crippen molar-refractivity contribution in [1.82, 2.24) is 14.8 Å². The molecular formula is C28H36FN3O2. The standard InChI is InChI=1S/C28H36FN3O2/c1-34-22-7-6-21-17-26-28(33)11-15-31(13-8-25-24(29)3-2-12-30-25)14-9-27(28,23(21)18-22)10-16-32(26)19-20-4-5-20/h2-3,6-7,12,18,20,26,33H,4-5,8-11,13-17,19H2,1H3/t26-,27+,28-/m1/s1. The second-order valence-corrected chi connectivity index (χ2v) is 11.0. The molecule has 2 saturated heterocycles. The largest absolute Gasteiger partial charge is 0.497 e.